The first-order valence-electron chi connectivity index (χ1n) is 4.36. The van der Waals surface area contributed by atoms with Crippen LogP contribution in [0.15, 0.2) is 12.2 Å². The number of carbonyl (C=O) groups excluding carboxylic acids is 1. The monoisotopic (exact) mass is 170 g/mol. The average molecular weight is 170 g/mol. The van der Waals surface area contributed by atoms with Crippen molar-refractivity contribution < 1.29 is 9.90 Å². The molecule has 0 saturated carbocycles. The molecule has 0 rings (SSSR count). The van der Waals surface area contributed by atoms with Gasteiger partial charge >= 0.3 is 0 Å². The minimum absolute atomic E-state index is 0.111. The maximum Gasteiger partial charge on any atom is 0.168 e. The number of hydrogen-bond acceptors (Lipinski definition) is 2. The highest BCUT2D eigenvalue weighted by atomic mass is 16.3. The van der Waals surface area contributed by atoms with Crippen LogP contribution in [0, 0.1) is 0 Å². The molecule has 0 radical (unpaired) electrons. The van der Waals surface area contributed by atoms with E-state index >= 15 is 0 Å². The lowest BCUT2D eigenvalue weighted by Crippen LogP contribution is -2.37. The third kappa shape index (κ3) is 2.78. The van der Waals surface area contributed by atoms with Gasteiger partial charge in [0.25, 0.3) is 0 Å². The van der Waals surface area contributed by atoms with Gasteiger partial charge in [-0.05, 0) is 19.8 Å². The summed E-state index contributed by atoms with van der Waals surface area (Å²) in [5.41, 5.74) is -0.320. The molecule has 0 bridgehead atoms. The first kappa shape index (κ1) is 11.4. The molecule has 0 aromatic heterocycles. The normalized spacial score (nSPS) is 11.3. The highest BCUT2D eigenvalue weighted by Crippen LogP contribution is 2.19. The van der Waals surface area contributed by atoms with E-state index in [0.717, 1.165) is 5.57 Å². The van der Waals surface area contributed by atoms with Crippen LogP contribution in [0.3, 0.4) is 0 Å². The number of allylic oxidation sites excluding steroid dienone is 1. The van der Waals surface area contributed by atoms with E-state index in [4.69, 9.17) is 0 Å². The van der Waals surface area contributed by atoms with E-state index in [-0.39, 0.29) is 12.2 Å². The van der Waals surface area contributed by atoms with Crippen molar-refractivity contribution in [2.75, 3.05) is 0 Å². The molecule has 0 unspecified atom stereocenters. The lowest BCUT2D eigenvalue weighted by Gasteiger charge is -2.23. The Bertz CT molecular complexity index is 178. The molecule has 0 aromatic carbocycles. The van der Waals surface area contributed by atoms with Crippen LogP contribution in [0.4, 0.5) is 0 Å². The number of hydrogen-bond donors (Lipinski definition) is 1. The number of Topliss-reactive ketones (excluding diaryl/α,β-unsaturated/α-hetero) is 1. The first-order chi connectivity index (χ1) is 5.46. The molecule has 0 saturated heterocycles. The predicted octanol–water partition coefficient (Wildman–Crippen LogP) is 2.07. The van der Waals surface area contributed by atoms with Gasteiger partial charge in [-0.3, -0.25) is 4.79 Å². The number of aliphatic hydroxyl groups is 1. The van der Waals surface area contributed by atoms with E-state index in [1.807, 2.05) is 13.8 Å². The van der Waals surface area contributed by atoms with E-state index in [1.165, 1.54) is 0 Å². The van der Waals surface area contributed by atoms with Crippen LogP contribution in [0.2, 0.25) is 0 Å². The summed E-state index contributed by atoms with van der Waals surface area (Å²) in [6.07, 6.45) is 1.25. The van der Waals surface area contributed by atoms with Crippen molar-refractivity contribution in [2.24, 2.45) is 0 Å². The highest BCUT2D eigenvalue weighted by Gasteiger charge is 2.30. The summed E-state index contributed by atoms with van der Waals surface area (Å²) in [5.74, 6) is -0.111. The van der Waals surface area contributed by atoms with Crippen molar-refractivity contribution in [1.29, 1.82) is 0 Å². The van der Waals surface area contributed by atoms with Gasteiger partial charge in [0.1, 0.15) is 5.60 Å². The van der Waals surface area contributed by atoms with E-state index in [1.54, 1.807) is 6.92 Å². The van der Waals surface area contributed by atoms with Gasteiger partial charge in [0.05, 0.1) is 0 Å². The molecule has 0 aliphatic heterocycles. The summed E-state index contributed by atoms with van der Waals surface area (Å²) in [7, 11) is 0. The zero-order chi connectivity index (χ0) is 9.78. The van der Waals surface area contributed by atoms with Crippen LogP contribution in [0.1, 0.15) is 40.0 Å². The fourth-order valence-corrected chi connectivity index (χ4v) is 1.08. The summed E-state index contributed by atoms with van der Waals surface area (Å²) < 4.78 is 0. The standard InChI is InChI=1S/C10H18O2/c1-5-10(12,6-2)9(11)7-8(3)4/h12H,3,5-7H2,1-2,4H3. The molecule has 0 fully saturated rings. The molecule has 0 aliphatic carbocycles. The lowest BCUT2D eigenvalue weighted by molar-refractivity contribution is -0.137. The van der Waals surface area contributed by atoms with E-state index in [2.05, 4.69) is 6.58 Å². The van der Waals surface area contributed by atoms with Gasteiger partial charge in [0.2, 0.25) is 0 Å². The Morgan fingerprint density at radius 3 is 2.08 bits per heavy atom. The molecule has 70 valence electrons. The fourth-order valence-electron chi connectivity index (χ4n) is 1.08. The van der Waals surface area contributed by atoms with E-state index in [0.29, 0.717) is 12.8 Å². The Hall–Kier alpha value is -0.630. The summed E-state index contributed by atoms with van der Waals surface area (Å²) in [6.45, 7) is 9.08. The van der Waals surface area contributed by atoms with Crippen LogP contribution in [-0.4, -0.2) is 16.5 Å². The van der Waals surface area contributed by atoms with Crippen LogP contribution in [0.5, 0.6) is 0 Å². The quantitative estimate of drug-likeness (QED) is 0.641. The van der Waals surface area contributed by atoms with Gasteiger partial charge < -0.3 is 5.11 Å². The largest absolute Gasteiger partial charge is 0.382 e. The SMILES string of the molecule is C=C(C)CC(=O)C(O)(CC)CC. The Kier molecular flexibility index (Phi) is 4.18. The second kappa shape index (κ2) is 4.41. The van der Waals surface area contributed by atoms with Gasteiger partial charge in [0.15, 0.2) is 5.78 Å². The third-order valence-electron chi connectivity index (χ3n) is 2.15. The van der Waals surface area contributed by atoms with E-state index in [9.17, 15) is 9.90 Å². The zero-order valence-corrected chi connectivity index (χ0v) is 8.18. The molecule has 12 heavy (non-hydrogen) atoms. The van der Waals surface area contributed by atoms with Crippen LogP contribution < -0.4 is 0 Å². The minimum atomic E-state index is -1.13. The van der Waals surface area contributed by atoms with Crippen molar-refractivity contribution in [3.63, 3.8) is 0 Å². The van der Waals surface area contributed by atoms with Gasteiger partial charge in [-0.1, -0.05) is 26.0 Å². The number of carbonyl (C=O) groups is 1. The van der Waals surface area contributed by atoms with Gasteiger partial charge in [-0.15, -0.1) is 0 Å². The maximum absolute atomic E-state index is 11.4. The van der Waals surface area contributed by atoms with Crippen molar-refractivity contribution in [2.45, 2.75) is 45.6 Å². The van der Waals surface area contributed by atoms with Gasteiger partial charge in [-0.2, -0.15) is 0 Å². The summed E-state index contributed by atoms with van der Waals surface area (Å²) in [5, 5.41) is 9.76. The van der Waals surface area contributed by atoms with Crippen LogP contribution in [0.25, 0.3) is 0 Å². The Balaban J connectivity index is 4.32. The molecule has 0 atom stereocenters. The van der Waals surface area contributed by atoms with Crippen LogP contribution >= 0.6 is 0 Å². The van der Waals surface area contributed by atoms with Gasteiger partial charge in [0, 0.05) is 6.42 Å². The van der Waals surface area contributed by atoms with Crippen molar-refractivity contribution >= 4 is 5.78 Å². The highest BCUT2D eigenvalue weighted by molar-refractivity contribution is 5.88. The molecular formula is C10H18O2. The Morgan fingerprint density at radius 2 is 1.83 bits per heavy atom. The molecule has 2 nitrogen and oxygen atoms in total. The van der Waals surface area contributed by atoms with Crippen LogP contribution in [-0.2, 0) is 4.79 Å². The minimum Gasteiger partial charge on any atom is -0.382 e. The number of ketones is 1. The molecule has 0 aromatic rings. The third-order valence-corrected chi connectivity index (χ3v) is 2.15. The summed E-state index contributed by atoms with van der Waals surface area (Å²) in [6, 6.07) is 0. The fraction of sp³-hybridized carbons (Fsp3) is 0.700. The van der Waals surface area contributed by atoms with E-state index < -0.39 is 5.60 Å². The molecular weight excluding hydrogens is 152 g/mol. The number of rotatable bonds is 5. The molecule has 1 N–H and O–H groups in total. The topological polar surface area (TPSA) is 37.3 Å². The van der Waals surface area contributed by atoms with Crippen molar-refractivity contribution in [1.82, 2.24) is 0 Å². The Labute approximate surface area is 74.3 Å². The predicted molar refractivity (Wildman–Crippen MR) is 50.0 cm³/mol. The smallest absolute Gasteiger partial charge is 0.168 e. The second-order valence-corrected chi connectivity index (χ2v) is 3.30. The lowest BCUT2D eigenvalue weighted by atomic mass is 9.89. The molecule has 2 heteroatoms. The summed E-state index contributed by atoms with van der Waals surface area (Å²) >= 11 is 0. The molecule has 0 aliphatic rings. The van der Waals surface area contributed by atoms with Crippen molar-refractivity contribution in [3.8, 4) is 0 Å². The van der Waals surface area contributed by atoms with Crippen molar-refractivity contribution in [3.05, 3.63) is 12.2 Å². The second-order valence-electron chi connectivity index (χ2n) is 3.30. The first-order valence-corrected chi connectivity index (χ1v) is 4.36. The maximum atomic E-state index is 11.4. The zero-order valence-electron chi connectivity index (χ0n) is 8.18. The molecule has 0 amide bonds. The Morgan fingerprint density at radius 1 is 1.42 bits per heavy atom. The molecule has 0 heterocycles. The van der Waals surface area contributed by atoms with Gasteiger partial charge in [-0.25, -0.2) is 0 Å². The summed E-state index contributed by atoms with van der Waals surface area (Å²) in [4.78, 5) is 11.4. The average Bonchev–Trinajstić information content (AvgIpc) is 2.02. The molecule has 0 spiro atoms.